The molecule has 2 N–H and O–H groups in total. The van der Waals surface area contributed by atoms with Gasteiger partial charge in [-0.15, -0.1) is 0 Å². The number of aryl methyl sites for hydroxylation is 2. The van der Waals surface area contributed by atoms with Crippen molar-refractivity contribution in [3.8, 4) is 0 Å². The van der Waals surface area contributed by atoms with E-state index in [0.717, 1.165) is 0 Å². The Labute approximate surface area is 164 Å². The molecule has 9 heteroatoms. The van der Waals surface area contributed by atoms with Crippen molar-refractivity contribution in [2.24, 2.45) is 21.7 Å². The van der Waals surface area contributed by atoms with Gasteiger partial charge in [0.15, 0.2) is 0 Å². The molecule has 0 aliphatic carbocycles. The van der Waals surface area contributed by atoms with Gasteiger partial charge in [0.2, 0.25) is 5.96 Å². The molecule has 0 spiro atoms. The zero-order chi connectivity index (χ0) is 19.8. The normalized spacial score (nSPS) is 17.9. The number of hydrogen-bond acceptors (Lipinski definition) is 5. The van der Waals surface area contributed by atoms with Gasteiger partial charge in [-0.2, -0.15) is 5.10 Å². The summed E-state index contributed by atoms with van der Waals surface area (Å²) in [5, 5.41) is 6.05. The van der Waals surface area contributed by atoms with Gasteiger partial charge in [-0.1, -0.05) is 25.6 Å². The Morgan fingerprint density at radius 1 is 1.15 bits per heavy atom. The lowest BCUT2D eigenvalue weighted by Gasteiger charge is -2.24. The molecule has 3 rings (SSSR count). The Bertz CT molecular complexity index is 972. The molecule has 0 radical (unpaired) electrons. The van der Waals surface area contributed by atoms with Crippen molar-refractivity contribution in [3.05, 3.63) is 47.8 Å². The number of hydrogen-bond donors (Lipinski definition) is 1. The van der Waals surface area contributed by atoms with E-state index in [-0.39, 0.29) is 16.2 Å². The van der Waals surface area contributed by atoms with Crippen LogP contribution in [-0.2, 0) is 10.0 Å². The Hall–Kier alpha value is -2.26. The molecule has 1 aliphatic rings. The summed E-state index contributed by atoms with van der Waals surface area (Å²) >= 11 is 1.60. The number of aromatic nitrogens is 1. The first-order valence-corrected chi connectivity index (χ1v) is 10.9. The van der Waals surface area contributed by atoms with E-state index >= 15 is 0 Å². The molecule has 0 saturated carbocycles. The first kappa shape index (κ1) is 19.5. The van der Waals surface area contributed by atoms with Crippen molar-refractivity contribution in [3.63, 3.8) is 0 Å². The van der Waals surface area contributed by atoms with E-state index in [1.54, 1.807) is 72.6 Å². The summed E-state index contributed by atoms with van der Waals surface area (Å²) in [6.07, 6.45) is 0. The van der Waals surface area contributed by atoms with Gasteiger partial charge >= 0.3 is 0 Å². The van der Waals surface area contributed by atoms with Crippen molar-refractivity contribution in [2.45, 2.75) is 38.0 Å². The first-order chi connectivity index (χ1) is 12.7. The maximum atomic E-state index is 12.9. The minimum atomic E-state index is -3.64. The summed E-state index contributed by atoms with van der Waals surface area (Å²) in [5.74, 6) is 0.634. The van der Waals surface area contributed by atoms with Crippen molar-refractivity contribution in [1.29, 1.82) is 0 Å². The SMILES string of the molecule is Cc1ccc(C)n1S(=O)(=O)c1ccc(N=C(N)N2N=CSC2C(C)C)cc1. The van der Waals surface area contributed by atoms with Crippen molar-refractivity contribution in [1.82, 2.24) is 8.98 Å². The average molecular weight is 406 g/mol. The van der Waals surface area contributed by atoms with Gasteiger partial charge in [0.25, 0.3) is 10.0 Å². The molecule has 2 heterocycles. The molecule has 0 bridgehead atoms. The van der Waals surface area contributed by atoms with Gasteiger partial charge in [0, 0.05) is 11.4 Å². The lowest BCUT2D eigenvalue weighted by Crippen LogP contribution is -2.39. The van der Waals surface area contributed by atoms with Gasteiger partial charge in [0.05, 0.1) is 16.1 Å². The highest BCUT2D eigenvalue weighted by molar-refractivity contribution is 8.12. The molecular weight excluding hydrogens is 382 g/mol. The molecule has 2 aromatic rings. The third-order valence-corrected chi connectivity index (χ3v) is 7.41. The zero-order valence-corrected chi connectivity index (χ0v) is 17.3. The highest BCUT2D eigenvalue weighted by atomic mass is 32.2. The molecule has 1 atom stereocenters. The molecule has 1 aromatic heterocycles. The van der Waals surface area contributed by atoms with Crippen LogP contribution in [0.2, 0.25) is 0 Å². The average Bonchev–Trinajstić information content (AvgIpc) is 3.22. The van der Waals surface area contributed by atoms with Crippen LogP contribution in [0.4, 0.5) is 5.69 Å². The van der Waals surface area contributed by atoms with E-state index in [4.69, 9.17) is 5.73 Å². The van der Waals surface area contributed by atoms with Gasteiger partial charge in [0.1, 0.15) is 5.37 Å². The van der Waals surface area contributed by atoms with Crippen LogP contribution in [0.15, 0.2) is 51.4 Å². The van der Waals surface area contributed by atoms with E-state index in [1.807, 2.05) is 0 Å². The smallest absolute Gasteiger partial charge is 0.268 e. The minimum absolute atomic E-state index is 0.105. The minimum Gasteiger partial charge on any atom is -0.368 e. The third kappa shape index (κ3) is 3.74. The van der Waals surface area contributed by atoms with Crippen LogP contribution in [0.3, 0.4) is 0 Å². The van der Waals surface area contributed by atoms with Crippen LogP contribution >= 0.6 is 11.8 Å². The molecule has 1 unspecified atom stereocenters. The second kappa shape index (κ2) is 7.40. The molecule has 1 aliphatic heterocycles. The van der Waals surface area contributed by atoms with Crippen LogP contribution in [0.5, 0.6) is 0 Å². The molecule has 7 nitrogen and oxygen atoms in total. The summed E-state index contributed by atoms with van der Waals surface area (Å²) in [5.41, 5.74) is 9.77. The number of nitrogens with zero attached hydrogens (tertiary/aromatic N) is 4. The molecule has 0 fully saturated rings. The fourth-order valence-electron chi connectivity index (χ4n) is 2.91. The highest BCUT2D eigenvalue weighted by Gasteiger charge is 2.27. The van der Waals surface area contributed by atoms with Crippen LogP contribution in [0.25, 0.3) is 0 Å². The predicted octanol–water partition coefficient (Wildman–Crippen LogP) is 3.26. The van der Waals surface area contributed by atoms with E-state index < -0.39 is 10.0 Å². The molecule has 144 valence electrons. The van der Waals surface area contributed by atoms with Crippen LogP contribution < -0.4 is 5.73 Å². The second-order valence-corrected chi connectivity index (χ2v) is 9.44. The Balaban J connectivity index is 1.87. The van der Waals surface area contributed by atoms with Crippen molar-refractivity contribution in [2.75, 3.05) is 0 Å². The summed E-state index contributed by atoms with van der Waals surface area (Å²) in [4.78, 5) is 4.59. The number of rotatable bonds is 4. The summed E-state index contributed by atoms with van der Waals surface area (Å²) in [6.45, 7) is 7.72. The van der Waals surface area contributed by atoms with E-state index in [1.165, 1.54) is 3.97 Å². The van der Waals surface area contributed by atoms with Gasteiger partial charge in [-0.05, 0) is 56.2 Å². The topological polar surface area (TPSA) is 93.0 Å². The number of nitrogens with two attached hydrogens (primary N) is 1. The number of benzene rings is 1. The predicted molar refractivity (Wildman–Crippen MR) is 111 cm³/mol. The maximum absolute atomic E-state index is 12.9. The number of thioether (sulfide) groups is 1. The van der Waals surface area contributed by atoms with Crippen LogP contribution in [0.1, 0.15) is 25.2 Å². The highest BCUT2D eigenvalue weighted by Crippen LogP contribution is 2.28. The fourth-order valence-corrected chi connectivity index (χ4v) is 5.35. The molecule has 1 aromatic carbocycles. The molecule has 27 heavy (non-hydrogen) atoms. The summed E-state index contributed by atoms with van der Waals surface area (Å²) in [6, 6.07) is 9.94. The van der Waals surface area contributed by atoms with Gasteiger partial charge in [-0.25, -0.2) is 22.4 Å². The molecule has 0 amide bonds. The quantitative estimate of drug-likeness (QED) is 0.622. The van der Waals surface area contributed by atoms with E-state index in [9.17, 15) is 8.42 Å². The molecule has 0 saturated heterocycles. The summed E-state index contributed by atoms with van der Waals surface area (Å²) in [7, 11) is -3.64. The van der Waals surface area contributed by atoms with Gasteiger partial charge in [-0.3, -0.25) is 0 Å². The van der Waals surface area contributed by atoms with Crippen LogP contribution in [0, 0.1) is 19.8 Å². The van der Waals surface area contributed by atoms with Crippen molar-refractivity contribution >= 4 is 39.0 Å². The monoisotopic (exact) mass is 405 g/mol. The fraction of sp³-hybridized carbons (Fsp3) is 0.333. The van der Waals surface area contributed by atoms with Crippen molar-refractivity contribution < 1.29 is 8.42 Å². The zero-order valence-electron chi connectivity index (χ0n) is 15.7. The Morgan fingerprint density at radius 3 is 2.30 bits per heavy atom. The lowest BCUT2D eigenvalue weighted by molar-refractivity contribution is 0.354. The third-order valence-electron chi connectivity index (χ3n) is 4.24. The largest absolute Gasteiger partial charge is 0.368 e. The number of guanidine groups is 1. The van der Waals surface area contributed by atoms with E-state index in [0.29, 0.717) is 23.0 Å². The van der Waals surface area contributed by atoms with Gasteiger partial charge < -0.3 is 5.73 Å². The Kier molecular flexibility index (Phi) is 5.34. The lowest BCUT2D eigenvalue weighted by atomic mass is 10.2. The standard InChI is InChI=1S/C18H23N5O2S2/c1-12(2)17-22(20-11-26-17)18(19)21-15-7-9-16(10-8-15)27(24,25)23-13(3)5-6-14(23)4/h5-12,17H,1-4H3,(H2,19,21). The second-order valence-electron chi connectivity index (χ2n) is 6.69. The number of hydrazone groups is 1. The maximum Gasteiger partial charge on any atom is 0.268 e. The summed E-state index contributed by atoms with van der Waals surface area (Å²) < 4.78 is 27.1. The molecular formula is C18H23N5O2S2. The van der Waals surface area contributed by atoms with E-state index in [2.05, 4.69) is 23.9 Å². The Morgan fingerprint density at radius 2 is 1.74 bits per heavy atom. The number of aliphatic imine (C=N–C) groups is 1. The first-order valence-electron chi connectivity index (χ1n) is 8.53. The van der Waals surface area contributed by atoms with Crippen LogP contribution in [-0.4, -0.2) is 34.3 Å².